The first-order valence-corrected chi connectivity index (χ1v) is 7.46. The molecule has 0 aliphatic heterocycles. The highest BCUT2D eigenvalue weighted by Crippen LogP contribution is 2.21. The third-order valence-electron chi connectivity index (χ3n) is 2.65. The molecule has 6 nitrogen and oxygen atoms in total. The number of amides is 3. The summed E-state index contributed by atoms with van der Waals surface area (Å²) in [4.78, 5) is 35.5. The lowest BCUT2D eigenvalue weighted by Crippen LogP contribution is -2.44. The molecule has 0 fully saturated rings. The average molecular weight is 309 g/mol. The van der Waals surface area contributed by atoms with E-state index in [4.69, 9.17) is 0 Å². The van der Waals surface area contributed by atoms with Crippen molar-refractivity contribution >= 4 is 29.1 Å². The summed E-state index contributed by atoms with van der Waals surface area (Å²) in [7, 11) is 0. The molecule has 1 aromatic heterocycles. The average Bonchev–Trinajstić information content (AvgIpc) is 3.01. The fourth-order valence-electron chi connectivity index (χ4n) is 1.60. The Hall–Kier alpha value is -2.15. The number of thiophene rings is 1. The van der Waals surface area contributed by atoms with Gasteiger partial charge in [-0.05, 0) is 17.9 Å². The van der Waals surface area contributed by atoms with Crippen molar-refractivity contribution in [3.05, 3.63) is 35.0 Å². The molecule has 3 N–H and O–H groups in total. The molecule has 7 heteroatoms. The molecule has 0 aromatic carbocycles. The molecular formula is C14H19N3O3S. The van der Waals surface area contributed by atoms with Gasteiger partial charge in [-0.1, -0.05) is 19.1 Å². The smallest absolute Gasteiger partial charge is 0.309 e. The maximum atomic E-state index is 11.8. The third-order valence-corrected chi connectivity index (χ3v) is 3.64. The summed E-state index contributed by atoms with van der Waals surface area (Å²) in [5.41, 5.74) is 0. The molecule has 0 aliphatic rings. The van der Waals surface area contributed by atoms with E-state index in [2.05, 4.69) is 22.5 Å². The van der Waals surface area contributed by atoms with Crippen molar-refractivity contribution in [3.8, 4) is 0 Å². The minimum Gasteiger partial charge on any atom is -0.347 e. The lowest BCUT2D eigenvalue weighted by Gasteiger charge is -2.15. The molecule has 0 bridgehead atoms. The van der Waals surface area contributed by atoms with Gasteiger partial charge in [-0.15, -0.1) is 17.9 Å². The maximum Gasteiger partial charge on any atom is 0.309 e. The quantitative estimate of drug-likeness (QED) is 0.513. The Bertz CT molecular complexity index is 500. The predicted molar refractivity (Wildman–Crippen MR) is 81.7 cm³/mol. The summed E-state index contributed by atoms with van der Waals surface area (Å²) in [6, 6.07) is 3.78. The lowest BCUT2D eigenvalue weighted by molar-refractivity contribution is -0.139. The van der Waals surface area contributed by atoms with Crippen LogP contribution in [0.4, 0.5) is 0 Å². The van der Waals surface area contributed by atoms with E-state index in [9.17, 15) is 14.4 Å². The topological polar surface area (TPSA) is 87.3 Å². The van der Waals surface area contributed by atoms with Crippen molar-refractivity contribution in [1.82, 2.24) is 16.0 Å². The van der Waals surface area contributed by atoms with Gasteiger partial charge in [-0.3, -0.25) is 14.4 Å². The highest BCUT2D eigenvalue weighted by Gasteiger charge is 2.16. The van der Waals surface area contributed by atoms with E-state index >= 15 is 0 Å². The van der Waals surface area contributed by atoms with E-state index in [-0.39, 0.29) is 25.0 Å². The van der Waals surface area contributed by atoms with Gasteiger partial charge in [0.1, 0.15) is 0 Å². The van der Waals surface area contributed by atoms with Crippen LogP contribution >= 0.6 is 11.3 Å². The zero-order valence-corrected chi connectivity index (χ0v) is 12.7. The Morgan fingerprint density at radius 1 is 1.33 bits per heavy atom. The van der Waals surface area contributed by atoms with Crippen LogP contribution in [0, 0.1) is 0 Å². The molecule has 0 saturated carbocycles. The molecular weight excluding hydrogens is 290 g/mol. The Labute approximate surface area is 127 Å². The Morgan fingerprint density at radius 2 is 2.05 bits per heavy atom. The van der Waals surface area contributed by atoms with Gasteiger partial charge in [0.25, 0.3) is 0 Å². The number of rotatable bonds is 7. The van der Waals surface area contributed by atoms with Crippen LogP contribution in [0.5, 0.6) is 0 Å². The van der Waals surface area contributed by atoms with Gasteiger partial charge in [-0.25, -0.2) is 0 Å². The molecule has 1 aromatic rings. The molecule has 0 radical (unpaired) electrons. The van der Waals surface area contributed by atoms with Crippen LogP contribution in [0.1, 0.15) is 24.3 Å². The van der Waals surface area contributed by atoms with E-state index in [0.29, 0.717) is 0 Å². The summed E-state index contributed by atoms with van der Waals surface area (Å²) in [5, 5.41) is 9.36. The molecule has 1 rings (SSSR count). The van der Waals surface area contributed by atoms with Gasteiger partial charge in [0.05, 0.1) is 12.6 Å². The molecule has 0 spiro atoms. The molecule has 3 amide bonds. The van der Waals surface area contributed by atoms with Crippen LogP contribution in [0.2, 0.25) is 0 Å². The number of carbonyl (C=O) groups is 3. The summed E-state index contributed by atoms with van der Waals surface area (Å²) < 4.78 is 0. The second-order valence-corrected chi connectivity index (χ2v) is 5.20. The fraction of sp³-hybridized carbons (Fsp3) is 0.357. The Morgan fingerprint density at radius 3 is 2.62 bits per heavy atom. The van der Waals surface area contributed by atoms with Crippen molar-refractivity contribution in [3.63, 3.8) is 0 Å². The van der Waals surface area contributed by atoms with Crippen LogP contribution in [0.15, 0.2) is 30.2 Å². The van der Waals surface area contributed by atoms with Gasteiger partial charge < -0.3 is 16.0 Å². The third kappa shape index (κ3) is 5.78. The largest absolute Gasteiger partial charge is 0.347 e. The summed E-state index contributed by atoms with van der Waals surface area (Å²) in [6.07, 6.45) is 2.21. The van der Waals surface area contributed by atoms with Crippen molar-refractivity contribution in [1.29, 1.82) is 0 Å². The van der Waals surface area contributed by atoms with Crippen molar-refractivity contribution < 1.29 is 14.4 Å². The van der Waals surface area contributed by atoms with Gasteiger partial charge in [0.15, 0.2) is 0 Å². The van der Waals surface area contributed by atoms with Crippen molar-refractivity contribution in [2.45, 2.75) is 19.4 Å². The predicted octanol–water partition coefficient (Wildman–Crippen LogP) is 0.734. The van der Waals surface area contributed by atoms with E-state index in [1.165, 1.54) is 6.08 Å². The second-order valence-electron chi connectivity index (χ2n) is 4.23. The minimum absolute atomic E-state index is 0.0796. The zero-order valence-electron chi connectivity index (χ0n) is 11.8. The Balaban J connectivity index is 2.38. The monoisotopic (exact) mass is 309 g/mol. The van der Waals surface area contributed by atoms with Crippen LogP contribution in [0.3, 0.4) is 0 Å². The summed E-state index contributed by atoms with van der Waals surface area (Å²) in [6.45, 7) is 5.36. The fourth-order valence-corrected chi connectivity index (χ4v) is 2.46. The van der Waals surface area contributed by atoms with Crippen molar-refractivity contribution in [2.75, 3.05) is 13.1 Å². The van der Waals surface area contributed by atoms with Crippen LogP contribution < -0.4 is 16.0 Å². The van der Waals surface area contributed by atoms with E-state index in [1.54, 1.807) is 11.3 Å². The standard InChI is InChI=1S/C14H19N3O3S/c1-3-7-15-13(19)14(20)16-9-12(18)17-10(4-2)11-6-5-8-21-11/h3,5-6,8,10H,1,4,7,9H2,2H3,(H,15,19)(H,16,20)(H,17,18)/t10-/m0/s1. The maximum absolute atomic E-state index is 11.8. The Kier molecular flexibility index (Phi) is 7.17. The first kappa shape index (κ1) is 16.9. The summed E-state index contributed by atoms with van der Waals surface area (Å²) in [5.74, 6) is -1.95. The molecule has 0 aliphatic carbocycles. The van der Waals surface area contributed by atoms with E-state index < -0.39 is 11.8 Å². The summed E-state index contributed by atoms with van der Waals surface area (Å²) >= 11 is 1.56. The number of carbonyl (C=O) groups excluding carboxylic acids is 3. The SMILES string of the molecule is C=CCNC(=O)C(=O)NCC(=O)N[C@@H](CC)c1cccs1. The zero-order chi connectivity index (χ0) is 15.7. The molecule has 0 unspecified atom stereocenters. The van der Waals surface area contributed by atoms with Crippen LogP contribution in [0.25, 0.3) is 0 Å². The second kappa shape index (κ2) is 8.91. The van der Waals surface area contributed by atoms with Crippen LogP contribution in [-0.2, 0) is 14.4 Å². The van der Waals surface area contributed by atoms with Gasteiger partial charge in [0.2, 0.25) is 5.91 Å². The molecule has 1 atom stereocenters. The minimum atomic E-state index is -0.837. The van der Waals surface area contributed by atoms with Gasteiger partial charge in [-0.2, -0.15) is 0 Å². The van der Waals surface area contributed by atoms with Gasteiger partial charge in [0, 0.05) is 11.4 Å². The van der Waals surface area contributed by atoms with Crippen LogP contribution in [-0.4, -0.2) is 30.8 Å². The highest BCUT2D eigenvalue weighted by molar-refractivity contribution is 7.10. The first-order chi connectivity index (χ1) is 10.1. The normalized spacial score (nSPS) is 11.3. The molecule has 21 heavy (non-hydrogen) atoms. The lowest BCUT2D eigenvalue weighted by atomic mass is 10.2. The van der Waals surface area contributed by atoms with E-state index in [1.807, 2.05) is 24.4 Å². The molecule has 0 saturated heterocycles. The van der Waals surface area contributed by atoms with Crippen molar-refractivity contribution in [2.24, 2.45) is 0 Å². The number of nitrogens with one attached hydrogen (secondary N) is 3. The number of hydrogen-bond acceptors (Lipinski definition) is 4. The molecule has 114 valence electrons. The van der Waals surface area contributed by atoms with Gasteiger partial charge >= 0.3 is 11.8 Å². The molecule has 1 heterocycles. The highest BCUT2D eigenvalue weighted by atomic mass is 32.1. The first-order valence-electron chi connectivity index (χ1n) is 6.58. The van der Waals surface area contributed by atoms with E-state index in [0.717, 1.165) is 11.3 Å². The number of hydrogen-bond donors (Lipinski definition) is 3.